The second kappa shape index (κ2) is 8.55. The first-order chi connectivity index (χ1) is 13.4. The van der Waals surface area contributed by atoms with Crippen LogP contribution in [0.5, 0.6) is 0 Å². The molecule has 1 unspecified atom stereocenters. The number of nitrogens with one attached hydrogen (secondary N) is 1. The van der Waals surface area contributed by atoms with E-state index in [1.807, 2.05) is 13.8 Å². The van der Waals surface area contributed by atoms with Crippen LogP contribution in [0.1, 0.15) is 64.4 Å². The van der Waals surface area contributed by atoms with Crippen molar-refractivity contribution in [2.45, 2.75) is 58.6 Å². The number of carboxylic acid groups (broad SMARTS) is 1. The zero-order chi connectivity index (χ0) is 20.3. The molecule has 8 nitrogen and oxygen atoms in total. The summed E-state index contributed by atoms with van der Waals surface area (Å²) in [6.45, 7) is 3.45. The number of hydrogen-bond donors (Lipinski definition) is 2. The number of carboxylic acids is 1. The molecule has 1 aliphatic carbocycles. The van der Waals surface area contributed by atoms with Crippen molar-refractivity contribution in [3.63, 3.8) is 0 Å². The number of aromatic nitrogens is 2. The van der Waals surface area contributed by atoms with Gasteiger partial charge < -0.3 is 15.2 Å². The molecule has 0 saturated carbocycles. The SMILES string of the molecule is CCC(C)OC(=O)c1c(NC(=O)c2ccn(CC(=O)O)n2)sc2c1CCCC2. The van der Waals surface area contributed by atoms with E-state index in [1.54, 1.807) is 0 Å². The van der Waals surface area contributed by atoms with E-state index in [2.05, 4.69) is 10.4 Å². The summed E-state index contributed by atoms with van der Waals surface area (Å²) < 4.78 is 6.69. The van der Waals surface area contributed by atoms with Crippen molar-refractivity contribution < 1.29 is 24.2 Å². The normalized spacial score (nSPS) is 14.2. The van der Waals surface area contributed by atoms with E-state index in [0.29, 0.717) is 17.0 Å². The van der Waals surface area contributed by atoms with Crippen LogP contribution < -0.4 is 5.32 Å². The molecule has 2 heterocycles. The Morgan fingerprint density at radius 1 is 1.36 bits per heavy atom. The van der Waals surface area contributed by atoms with E-state index in [1.165, 1.54) is 28.3 Å². The van der Waals surface area contributed by atoms with Crippen LogP contribution in [-0.2, 0) is 28.9 Å². The molecule has 3 rings (SSSR count). The Kier molecular flexibility index (Phi) is 6.13. The van der Waals surface area contributed by atoms with Gasteiger partial charge >= 0.3 is 11.9 Å². The fraction of sp³-hybridized carbons (Fsp3) is 0.474. The molecule has 0 saturated heterocycles. The van der Waals surface area contributed by atoms with Gasteiger partial charge in [-0.2, -0.15) is 5.10 Å². The summed E-state index contributed by atoms with van der Waals surface area (Å²) in [6, 6.07) is 1.45. The van der Waals surface area contributed by atoms with Gasteiger partial charge in [0.2, 0.25) is 0 Å². The van der Waals surface area contributed by atoms with Gasteiger partial charge in [0, 0.05) is 11.1 Å². The molecule has 28 heavy (non-hydrogen) atoms. The Balaban J connectivity index is 1.85. The molecule has 1 atom stereocenters. The number of aliphatic carboxylic acids is 1. The zero-order valence-corrected chi connectivity index (χ0v) is 16.7. The van der Waals surface area contributed by atoms with Gasteiger partial charge in [0.25, 0.3) is 5.91 Å². The molecular weight excluding hydrogens is 382 g/mol. The predicted molar refractivity (Wildman–Crippen MR) is 104 cm³/mol. The molecule has 0 fully saturated rings. The topological polar surface area (TPSA) is 111 Å². The maximum Gasteiger partial charge on any atom is 0.341 e. The highest BCUT2D eigenvalue weighted by Gasteiger charge is 2.28. The van der Waals surface area contributed by atoms with E-state index in [0.717, 1.165) is 36.1 Å². The summed E-state index contributed by atoms with van der Waals surface area (Å²) in [6.07, 6.45) is 5.66. The van der Waals surface area contributed by atoms with Gasteiger partial charge in [-0.3, -0.25) is 14.3 Å². The van der Waals surface area contributed by atoms with Crippen molar-refractivity contribution in [2.24, 2.45) is 0 Å². The average Bonchev–Trinajstić information content (AvgIpc) is 3.25. The van der Waals surface area contributed by atoms with Gasteiger partial charge in [-0.05, 0) is 50.7 Å². The van der Waals surface area contributed by atoms with Gasteiger partial charge in [0.15, 0.2) is 5.69 Å². The van der Waals surface area contributed by atoms with Gasteiger partial charge in [-0.1, -0.05) is 6.92 Å². The summed E-state index contributed by atoms with van der Waals surface area (Å²) in [4.78, 5) is 37.2. The number of anilines is 1. The summed E-state index contributed by atoms with van der Waals surface area (Å²) in [5, 5.41) is 16.0. The number of rotatable bonds is 7. The van der Waals surface area contributed by atoms with Crippen LogP contribution in [0.15, 0.2) is 12.3 Å². The minimum absolute atomic E-state index is 0.0915. The van der Waals surface area contributed by atoms with Crippen molar-refractivity contribution >= 4 is 34.2 Å². The molecule has 0 spiro atoms. The molecule has 0 radical (unpaired) electrons. The molecule has 2 aromatic heterocycles. The van der Waals surface area contributed by atoms with Gasteiger partial charge in [-0.15, -0.1) is 11.3 Å². The third-order valence-corrected chi connectivity index (χ3v) is 5.86. The van der Waals surface area contributed by atoms with Crippen molar-refractivity contribution in [3.8, 4) is 0 Å². The molecule has 1 aliphatic rings. The Morgan fingerprint density at radius 3 is 2.82 bits per heavy atom. The minimum Gasteiger partial charge on any atom is -0.480 e. The monoisotopic (exact) mass is 405 g/mol. The number of nitrogens with zero attached hydrogens (tertiary/aromatic N) is 2. The second-order valence-corrected chi connectivity index (χ2v) is 7.89. The van der Waals surface area contributed by atoms with Crippen LogP contribution in [0.4, 0.5) is 5.00 Å². The number of carbonyl (C=O) groups is 3. The van der Waals surface area contributed by atoms with Gasteiger partial charge in [0.05, 0.1) is 11.7 Å². The number of fused-ring (bicyclic) bond motifs is 1. The van der Waals surface area contributed by atoms with Crippen LogP contribution in [-0.4, -0.2) is 38.8 Å². The molecule has 0 aliphatic heterocycles. The lowest BCUT2D eigenvalue weighted by Crippen LogP contribution is -2.19. The summed E-state index contributed by atoms with van der Waals surface area (Å²) in [5.74, 6) is -1.95. The molecular formula is C19H23N3O5S. The van der Waals surface area contributed by atoms with E-state index < -0.39 is 17.8 Å². The Labute approximate surface area is 166 Å². The minimum atomic E-state index is -1.05. The fourth-order valence-corrected chi connectivity index (χ4v) is 4.34. The van der Waals surface area contributed by atoms with E-state index in [-0.39, 0.29) is 18.3 Å². The summed E-state index contributed by atoms with van der Waals surface area (Å²) in [7, 11) is 0. The van der Waals surface area contributed by atoms with Crippen molar-refractivity contribution in [3.05, 3.63) is 34.0 Å². The first-order valence-electron chi connectivity index (χ1n) is 9.31. The third kappa shape index (κ3) is 4.41. The number of hydrogen-bond acceptors (Lipinski definition) is 6. The van der Waals surface area contributed by atoms with E-state index >= 15 is 0 Å². The maximum atomic E-state index is 12.8. The fourth-order valence-electron chi connectivity index (χ4n) is 3.07. The Morgan fingerprint density at radius 2 is 2.11 bits per heavy atom. The van der Waals surface area contributed by atoms with E-state index in [4.69, 9.17) is 9.84 Å². The zero-order valence-electron chi connectivity index (χ0n) is 15.9. The highest BCUT2D eigenvalue weighted by atomic mass is 32.1. The molecule has 2 aromatic rings. The van der Waals surface area contributed by atoms with Crippen LogP contribution in [0.2, 0.25) is 0 Å². The number of amides is 1. The lowest BCUT2D eigenvalue weighted by atomic mass is 9.95. The van der Waals surface area contributed by atoms with Crippen LogP contribution in [0.3, 0.4) is 0 Å². The lowest BCUT2D eigenvalue weighted by molar-refractivity contribution is -0.137. The van der Waals surface area contributed by atoms with Crippen molar-refractivity contribution in [1.29, 1.82) is 0 Å². The number of carbonyl (C=O) groups excluding carboxylic acids is 2. The second-order valence-electron chi connectivity index (χ2n) is 6.79. The molecule has 9 heteroatoms. The van der Waals surface area contributed by atoms with Crippen molar-refractivity contribution in [2.75, 3.05) is 5.32 Å². The smallest absolute Gasteiger partial charge is 0.341 e. The number of thiophene rings is 1. The Hall–Kier alpha value is -2.68. The van der Waals surface area contributed by atoms with Gasteiger partial charge in [0.1, 0.15) is 11.5 Å². The molecule has 150 valence electrons. The molecule has 0 aromatic carbocycles. The first kappa shape index (κ1) is 20.1. The predicted octanol–water partition coefficient (Wildman–Crippen LogP) is 3.12. The Bertz CT molecular complexity index is 902. The highest BCUT2D eigenvalue weighted by Crippen LogP contribution is 2.39. The highest BCUT2D eigenvalue weighted by molar-refractivity contribution is 7.17. The molecule has 0 bridgehead atoms. The third-order valence-electron chi connectivity index (χ3n) is 4.66. The van der Waals surface area contributed by atoms with Crippen molar-refractivity contribution in [1.82, 2.24) is 9.78 Å². The number of ether oxygens (including phenoxy) is 1. The van der Waals surface area contributed by atoms with E-state index in [9.17, 15) is 14.4 Å². The molecule has 2 N–H and O–H groups in total. The average molecular weight is 405 g/mol. The number of esters is 1. The van der Waals surface area contributed by atoms with Gasteiger partial charge in [-0.25, -0.2) is 4.79 Å². The summed E-state index contributed by atoms with van der Waals surface area (Å²) in [5.41, 5.74) is 1.50. The number of aryl methyl sites for hydroxylation is 1. The molecule has 1 amide bonds. The van der Waals surface area contributed by atoms with Crippen LogP contribution >= 0.6 is 11.3 Å². The standard InChI is InChI=1S/C19H23N3O5S/c1-3-11(2)27-19(26)16-12-6-4-5-7-14(12)28-18(16)20-17(25)13-8-9-22(21-13)10-15(23)24/h8-9,11H,3-7,10H2,1-2H3,(H,20,25)(H,23,24). The quantitative estimate of drug-likeness (QED) is 0.685. The first-order valence-corrected chi connectivity index (χ1v) is 10.1. The maximum absolute atomic E-state index is 12.8. The lowest BCUT2D eigenvalue weighted by Gasteiger charge is -2.15. The van der Waals surface area contributed by atoms with Crippen LogP contribution in [0, 0.1) is 0 Å². The summed E-state index contributed by atoms with van der Waals surface area (Å²) >= 11 is 1.40. The largest absolute Gasteiger partial charge is 0.480 e. The van der Waals surface area contributed by atoms with Crippen LogP contribution in [0.25, 0.3) is 0 Å².